The Bertz CT molecular complexity index is 389. The second-order valence-corrected chi connectivity index (χ2v) is 6.33. The third-order valence-corrected chi connectivity index (χ3v) is 5.76. The molecule has 0 radical (unpaired) electrons. The maximum atomic E-state index is 12.5. The summed E-state index contributed by atoms with van der Waals surface area (Å²) in [6.45, 7) is 2.28. The monoisotopic (exact) mass is 250 g/mol. The maximum absolute atomic E-state index is 12.5. The van der Waals surface area contributed by atoms with E-state index in [2.05, 4.69) is 0 Å². The van der Waals surface area contributed by atoms with Crippen LogP contribution in [0.2, 0.25) is 0 Å². The van der Waals surface area contributed by atoms with Crippen LogP contribution in [0, 0.1) is 16.7 Å². The Morgan fingerprint density at radius 1 is 1.28 bits per heavy atom. The highest BCUT2D eigenvalue weighted by molar-refractivity contribution is 5.93. The van der Waals surface area contributed by atoms with Gasteiger partial charge in [0.25, 0.3) is 0 Å². The molecule has 0 aromatic heterocycles. The van der Waals surface area contributed by atoms with Gasteiger partial charge in [-0.15, -0.1) is 0 Å². The van der Waals surface area contributed by atoms with Crippen LogP contribution in [0.15, 0.2) is 0 Å². The molecule has 0 N–H and O–H groups in total. The molecule has 18 heavy (non-hydrogen) atoms. The van der Waals surface area contributed by atoms with Gasteiger partial charge in [0, 0.05) is 12.8 Å². The molecule has 0 aromatic carbocycles. The van der Waals surface area contributed by atoms with Crippen molar-refractivity contribution in [2.45, 2.75) is 58.3 Å². The molecule has 3 rings (SSSR count). The lowest BCUT2D eigenvalue weighted by Gasteiger charge is -2.44. The first kappa shape index (κ1) is 12.2. The van der Waals surface area contributed by atoms with Crippen LogP contribution in [-0.2, 0) is 14.3 Å². The molecule has 3 nitrogen and oxygen atoms in total. The first-order valence-electron chi connectivity index (χ1n) is 7.33. The summed E-state index contributed by atoms with van der Waals surface area (Å²) in [6.07, 6.45) is 7.77. The molecular formula is C15H22O3. The average Bonchev–Trinajstić information content (AvgIpc) is 2.78. The number of carbonyl (C=O) groups excluding carboxylic acids is 2. The quantitative estimate of drug-likeness (QED) is 0.708. The summed E-state index contributed by atoms with van der Waals surface area (Å²) < 4.78 is 5.33. The van der Waals surface area contributed by atoms with E-state index in [4.69, 9.17) is 4.74 Å². The van der Waals surface area contributed by atoms with Gasteiger partial charge in [0.15, 0.2) is 0 Å². The van der Waals surface area contributed by atoms with Crippen molar-refractivity contribution >= 4 is 11.8 Å². The van der Waals surface area contributed by atoms with Gasteiger partial charge >= 0.3 is 5.97 Å². The third-order valence-electron chi connectivity index (χ3n) is 5.76. The van der Waals surface area contributed by atoms with Crippen LogP contribution in [0.4, 0.5) is 0 Å². The van der Waals surface area contributed by atoms with Gasteiger partial charge in [-0.05, 0) is 43.9 Å². The minimum atomic E-state index is -0.453. The van der Waals surface area contributed by atoms with Gasteiger partial charge in [-0.25, -0.2) is 0 Å². The minimum absolute atomic E-state index is 0.0331. The van der Waals surface area contributed by atoms with Crippen LogP contribution in [0.25, 0.3) is 0 Å². The van der Waals surface area contributed by atoms with E-state index in [1.807, 2.05) is 6.92 Å². The molecule has 3 saturated carbocycles. The zero-order chi connectivity index (χ0) is 12.8. The molecule has 0 saturated heterocycles. The topological polar surface area (TPSA) is 43.4 Å². The van der Waals surface area contributed by atoms with Crippen LogP contribution in [-0.4, -0.2) is 18.4 Å². The van der Waals surface area contributed by atoms with E-state index in [0.717, 1.165) is 19.3 Å². The van der Waals surface area contributed by atoms with E-state index in [-0.39, 0.29) is 17.2 Å². The Balaban J connectivity index is 2.00. The summed E-state index contributed by atoms with van der Waals surface area (Å²) in [4.78, 5) is 24.5. The van der Waals surface area contributed by atoms with Gasteiger partial charge in [0.2, 0.25) is 0 Å². The van der Waals surface area contributed by atoms with E-state index in [9.17, 15) is 9.59 Å². The molecule has 0 bridgehead atoms. The highest BCUT2D eigenvalue weighted by Crippen LogP contribution is 2.69. The molecular weight excluding hydrogens is 228 g/mol. The van der Waals surface area contributed by atoms with Crippen LogP contribution < -0.4 is 0 Å². The summed E-state index contributed by atoms with van der Waals surface area (Å²) in [6, 6.07) is 0. The predicted molar refractivity (Wildman–Crippen MR) is 66.9 cm³/mol. The number of rotatable bonds is 2. The molecule has 3 aliphatic carbocycles. The van der Waals surface area contributed by atoms with Crippen molar-refractivity contribution in [2.75, 3.05) is 6.61 Å². The molecule has 0 amide bonds. The lowest BCUT2D eigenvalue weighted by Crippen LogP contribution is -2.45. The standard InChI is InChI=1S/C15H22O3/c1-2-18-13(17)15-8-6-11-5-3-4-7-14(11,15)9-12(16)10-15/h11H,2-10H2,1H3/t11-,14+,15+/m1/s1. The summed E-state index contributed by atoms with van der Waals surface area (Å²) in [5, 5.41) is 0. The second kappa shape index (κ2) is 4.07. The fraction of sp³-hybridized carbons (Fsp3) is 0.867. The summed E-state index contributed by atoms with van der Waals surface area (Å²) in [5.74, 6) is 0.789. The molecule has 3 heteroatoms. The van der Waals surface area contributed by atoms with Gasteiger partial charge in [0.1, 0.15) is 5.78 Å². The molecule has 0 aromatic rings. The fourth-order valence-electron chi connectivity index (χ4n) is 5.10. The predicted octanol–water partition coefficient (Wildman–Crippen LogP) is 2.87. The lowest BCUT2D eigenvalue weighted by molar-refractivity contribution is -0.163. The number of ketones is 1. The van der Waals surface area contributed by atoms with Crippen molar-refractivity contribution in [3.8, 4) is 0 Å². The molecule has 0 unspecified atom stereocenters. The fourth-order valence-corrected chi connectivity index (χ4v) is 5.10. The minimum Gasteiger partial charge on any atom is -0.466 e. The molecule has 3 atom stereocenters. The molecule has 3 aliphatic rings. The Kier molecular flexibility index (Phi) is 2.76. The molecule has 0 aliphatic heterocycles. The van der Waals surface area contributed by atoms with Crippen molar-refractivity contribution in [2.24, 2.45) is 16.7 Å². The van der Waals surface area contributed by atoms with Gasteiger partial charge in [-0.2, -0.15) is 0 Å². The highest BCUT2D eigenvalue weighted by Gasteiger charge is 2.69. The summed E-state index contributed by atoms with van der Waals surface area (Å²) >= 11 is 0. The molecule has 3 fully saturated rings. The number of hydrogen-bond acceptors (Lipinski definition) is 3. The van der Waals surface area contributed by atoms with Crippen LogP contribution in [0.5, 0.6) is 0 Å². The van der Waals surface area contributed by atoms with Crippen LogP contribution in [0.3, 0.4) is 0 Å². The van der Waals surface area contributed by atoms with Crippen molar-refractivity contribution in [1.82, 2.24) is 0 Å². The maximum Gasteiger partial charge on any atom is 0.313 e. The Labute approximate surface area is 108 Å². The number of hydrogen-bond donors (Lipinski definition) is 0. The van der Waals surface area contributed by atoms with Crippen molar-refractivity contribution in [1.29, 1.82) is 0 Å². The average molecular weight is 250 g/mol. The SMILES string of the molecule is CCOC(=O)[C@@]12CC[C@H]3CCCC[C@]31CC(=O)C2. The van der Waals surface area contributed by atoms with Crippen molar-refractivity contribution < 1.29 is 14.3 Å². The number of carbonyl (C=O) groups is 2. The largest absolute Gasteiger partial charge is 0.466 e. The lowest BCUT2D eigenvalue weighted by atomic mass is 9.59. The van der Waals surface area contributed by atoms with Crippen LogP contribution >= 0.6 is 0 Å². The zero-order valence-electron chi connectivity index (χ0n) is 11.2. The van der Waals surface area contributed by atoms with E-state index in [0.29, 0.717) is 25.4 Å². The van der Waals surface area contributed by atoms with E-state index in [1.165, 1.54) is 19.3 Å². The smallest absolute Gasteiger partial charge is 0.313 e. The van der Waals surface area contributed by atoms with E-state index in [1.54, 1.807) is 0 Å². The number of esters is 1. The first-order chi connectivity index (χ1) is 8.64. The molecule has 1 spiro atoms. The van der Waals surface area contributed by atoms with Crippen molar-refractivity contribution in [3.05, 3.63) is 0 Å². The Morgan fingerprint density at radius 3 is 2.89 bits per heavy atom. The van der Waals surface area contributed by atoms with Crippen LogP contribution in [0.1, 0.15) is 58.3 Å². The van der Waals surface area contributed by atoms with Gasteiger partial charge < -0.3 is 4.74 Å². The second-order valence-electron chi connectivity index (χ2n) is 6.33. The Morgan fingerprint density at radius 2 is 2.11 bits per heavy atom. The molecule has 0 heterocycles. The highest BCUT2D eigenvalue weighted by atomic mass is 16.5. The third kappa shape index (κ3) is 1.36. The van der Waals surface area contributed by atoms with Gasteiger partial charge in [-0.3, -0.25) is 9.59 Å². The number of Topliss-reactive ketones (excluding diaryl/α,β-unsaturated/α-hetero) is 1. The summed E-state index contributed by atoms with van der Waals surface area (Å²) in [5.41, 5.74) is -0.486. The zero-order valence-corrected chi connectivity index (χ0v) is 11.2. The van der Waals surface area contributed by atoms with Gasteiger partial charge in [0.05, 0.1) is 12.0 Å². The van der Waals surface area contributed by atoms with E-state index >= 15 is 0 Å². The van der Waals surface area contributed by atoms with Crippen molar-refractivity contribution in [3.63, 3.8) is 0 Å². The molecule has 100 valence electrons. The van der Waals surface area contributed by atoms with E-state index < -0.39 is 5.41 Å². The number of ether oxygens (including phenoxy) is 1. The summed E-state index contributed by atoms with van der Waals surface area (Å²) in [7, 11) is 0. The normalized spacial score (nSPS) is 42.5. The first-order valence-corrected chi connectivity index (χ1v) is 7.33. The van der Waals surface area contributed by atoms with Gasteiger partial charge in [-0.1, -0.05) is 12.8 Å². The Hall–Kier alpha value is -0.860.